The zero-order chi connectivity index (χ0) is 17.2. The SMILES string of the molecule is CC(c1cccc(C(F)(F)F)c1)N(CC(=O)NC(N)=O)C1CC1. The Morgan fingerprint density at radius 1 is 1.39 bits per heavy atom. The van der Waals surface area contributed by atoms with Crippen molar-refractivity contribution in [2.45, 2.75) is 38.0 Å². The highest BCUT2D eigenvalue weighted by Crippen LogP contribution is 2.36. The lowest BCUT2D eigenvalue weighted by atomic mass is 10.0. The van der Waals surface area contributed by atoms with E-state index in [0.717, 1.165) is 25.0 Å². The molecule has 1 fully saturated rings. The molecule has 1 unspecified atom stereocenters. The first-order chi connectivity index (χ1) is 10.7. The van der Waals surface area contributed by atoms with Gasteiger partial charge in [0.05, 0.1) is 12.1 Å². The number of nitrogens with zero attached hydrogens (tertiary/aromatic N) is 1. The van der Waals surface area contributed by atoms with Crippen LogP contribution in [0.2, 0.25) is 0 Å². The number of urea groups is 1. The molecule has 0 heterocycles. The van der Waals surface area contributed by atoms with Gasteiger partial charge in [0.2, 0.25) is 5.91 Å². The maximum absolute atomic E-state index is 12.8. The van der Waals surface area contributed by atoms with Crippen LogP contribution in [0.15, 0.2) is 24.3 Å². The average Bonchev–Trinajstić information content (AvgIpc) is 3.27. The molecule has 0 bridgehead atoms. The van der Waals surface area contributed by atoms with E-state index in [1.54, 1.807) is 17.9 Å². The van der Waals surface area contributed by atoms with Gasteiger partial charge >= 0.3 is 12.2 Å². The summed E-state index contributed by atoms with van der Waals surface area (Å²) in [5.74, 6) is -0.566. The number of carbonyl (C=O) groups is 2. The number of amides is 3. The molecular formula is C15H18F3N3O2. The Morgan fingerprint density at radius 2 is 2.04 bits per heavy atom. The molecular weight excluding hydrogens is 311 g/mol. The Labute approximate surface area is 131 Å². The summed E-state index contributed by atoms with van der Waals surface area (Å²) in [7, 11) is 0. The van der Waals surface area contributed by atoms with Gasteiger partial charge in [-0.3, -0.25) is 15.0 Å². The summed E-state index contributed by atoms with van der Waals surface area (Å²) in [6, 6.07) is 3.84. The summed E-state index contributed by atoms with van der Waals surface area (Å²) in [4.78, 5) is 24.2. The third kappa shape index (κ3) is 4.69. The lowest BCUT2D eigenvalue weighted by molar-refractivity contribution is -0.137. The van der Waals surface area contributed by atoms with Gasteiger partial charge < -0.3 is 5.73 Å². The minimum absolute atomic E-state index is 0.0922. The fourth-order valence-electron chi connectivity index (χ4n) is 2.50. The third-order valence-corrected chi connectivity index (χ3v) is 3.80. The first-order valence-corrected chi connectivity index (χ1v) is 7.20. The van der Waals surface area contributed by atoms with Crippen LogP contribution >= 0.6 is 0 Å². The highest BCUT2D eigenvalue weighted by molar-refractivity contribution is 5.94. The van der Waals surface area contributed by atoms with Gasteiger partial charge in [-0.2, -0.15) is 13.2 Å². The number of hydrogen-bond acceptors (Lipinski definition) is 3. The second kappa shape index (κ2) is 6.57. The van der Waals surface area contributed by atoms with E-state index in [0.29, 0.717) is 5.56 Å². The van der Waals surface area contributed by atoms with Gasteiger partial charge in [-0.15, -0.1) is 0 Å². The normalized spacial score (nSPS) is 16.2. The molecule has 2 rings (SSSR count). The number of carbonyl (C=O) groups excluding carboxylic acids is 2. The molecule has 3 N–H and O–H groups in total. The second-order valence-corrected chi connectivity index (χ2v) is 5.62. The summed E-state index contributed by atoms with van der Waals surface area (Å²) in [6.07, 6.45) is -2.68. The van der Waals surface area contributed by atoms with Crippen LogP contribution in [0, 0.1) is 0 Å². The average molecular weight is 329 g/mol. The smallest absolute Gasteiger partial charge is 0.351 e. The van der Waals surface area contributed by atoms with Crippen molar-refractivity contribution >= 4 is 11.9 Å². The predicted octanol–water partition coefficient (Wildman–Crippen LogP) is 2.43. The molecule has 1 aliphatic rings. The molecule has 0 radical (unpaired) electrons. The van der Waals surface area contributed by atoms with Crippen LogP contribution in [0.5, 0.6) is 0 Å². The zero-order valence-corrected chi connectivity index (χ0v) is 12.6. The minimum atomic E-state index is -4.41. The number of alkyl halides is 3. The van der Waals surface area contributed by atoms with Crippen molar-refractivity contribution in [3.8, 4) is 0 Å². The zero-order valence-electron chi connectivity index (χ0n) is 12.6. The fourth-order valence-corrected chi connectivity index (χ4v) is 2.50. The van der Waals surface area contributed by atoms with E-state index in [-0.39, 0.29) is 18.6 Å². The van der Waals surface area contributed by atoms with Crippen molar-refractivity contribution < 1.29 is 22.8 Å². The van der Waals surface area contributed by atoms with Gasteiger partial charge in [0.1, 0.15) is 0 Å². The summed E-state index contributed by atoms with van der Waals surface area (Å²) < 4.78 is 38.5. The molecule has 1 aromatic carbocycles. The van der Waals surface area contributed by atoms with Crippen LogP contribution in [0.4, 0.5) is 18.0 Å². The Bertz CT molecular complexity index is 600. The van der Waals surface area contributed by atoms with Crippen molar-refractivity contribution in [1.82, 2.24) is 10.2 Å². The van der Waals surface area contributed by atoms with E-state index in [4.69, 9.17) is 5.73 Å². The maximum Gasteiger partial charge on any atom is 0.416 e. The van der Waals surface area contributed by atoms with Crippen molar-refractivity contribution in [1.29, 1.82) is 0 Å². The number of hydrogen-bond donors (Lipinski definition) is 2. The van der Waals surface area contributed by atoms with Crippen LogP contribution < -0.4 is 11.1 Å². The van der Waals surface area contributed by atoms with Crippen LogP contribution in [-0.2, 0) is 11.0 Å². The topological polar surface area (TPSA) is 75.4 Å². The van der Waals surface area contributed by atoms with Crippen molar-refractivity contribution in [2.75, 3.05) is 6.54 Å². The summed E-state index contributed by atoms with van der Waals surface area (Å²) in [6.45, 7) is 1.65. The molecule has 5 nitrogen and oxygen atoms in total. The van der Waals surface area contributed by atoms with Crippen molar-refractivity contribution in [3.05, 3.63) is 35.4 Å². The van der Waals surface area contributed by atoms with Gasteiger partial charge in [-0.1, -0.05) is 12.1 Å². The lowest BCUT2D eigenvalue weighted by Gasteiger charge is -2.29. The molecule has 1 aromatic rings. The number of nitrogens with one attached hydrogen (secondary N) is 1. The van der Waals surface area contributed by atoms with Crippen LogP contribution in [0.25, 0.3) is 0 Å². The number of primary amides is 1. The highest BCUT2D eigenvalue weighted by atomic mass is 19.4. The Balaban J connectivity index is 2.16. The number of benzene rings is 1. The van der Waals surface area contributed by atoms with Gasteiger partial charge in [0.25, 0.3) is 0 Å². The summed E-state index contributed by atoms with van der Waals surface area (Å²) in [5.41, 5.74) is 4.65. The molecule has 1 atom stereocenters. The van der Waals surface area contributed by atoms with Gasteiger partial charge in [-0.25, -0.2) is 4.79 Å². The van der Waals surface area contributed by atoms with E-state index >= 15 is 0 Å². The Hall–Kier alpha value is -2.09. The minimum Gasteiger partial charge on any atom is -0.351 e. The molecule has 0 spiro atoms. The molecule has 1 aliphatic carbocycles. The van der Waals surface area contributed by atoms with E-state index in [1.165, 1.54) is 6.07 Å². The Morgan fingerprint density at radius 3 is 2.57 bits per heavy atom. The fraction of sp³-hybridized carbons (Fsp3) is 0.467. The van der Waals surface area contributed by atoms with Gasteiger partial charge in [0.15, 0.2) is 0 Å². The molecule has 1 saturated carbocycles. The Kier molecular flexibility index (Phi) is 4.93. The van der Waals surface area contributed by atoms with Crippen LogP contribution in [-0.4, -0.2) is 29.4 Å². The molecule has 0 saturated heterocycles. The van der Waals surface area contributed by atoms with Crippen molar-refractivity contribution in [3.63, 3.8) is 0 Å². The largest absolute Gasteiger partial charge is 0.416 e. The quantitative estimate of drug-likeness (QED) is 0.871. The van der Waals surface area contributed by atoms with Crippen molar-refractivity contribution in [2.24, 2.45) is 5.73 Å². The number of halogens is 3. The third-order valence-electron chi connectivity index (χ3n) is 3.80. The molecule has 23 heavy (non-hydrogen) atoms. The van der Waals surface area contributed by atoms with E-state index in [9.17, 15) is 22.8 Å². The van der Waals surface area contributed by atoms with Crippen LogP contribution in [0.3, 0.4) is 0 Å². The number of rotatable bonds is 5. The molecule has 8 heteroatoms. The van der Waals surface area contributed by atoms with Crippen LogP contribution in [0.1, 0.15) is 36.9 Å². The van der Waals surface area contributed by atoms with E-state index < -0.39 is 23.7 Å². The maximum atomic E-state index is 12.8. The molecule has 0 aromatic heterocycles. The monoisotopic (exact) mass is 329 g/mol. The van der Waals surface area contributed by atoms with Gasteiger partial charge in [0, 0.05) is 12.1 Å². The molecule has 126 valence electrons. The predicted molar refractivity (Wildman–Crippen MR) is 77.3 cm³/mol. The number of nitrogens with two attached hydrogens (primary N) is 1. The molecule has 0 aliphatic heterocycles. The highest BCUT2D eigenvalue weighted by Gasteiger charge is 2.35. The van der Waals surface area contributed by atoms with E-state index in [1.807, 2.05) is 5.32 Å². The first kappa shape index (κ1) is 17.3. The lowest BCUT2D eigenvalue weighted by Crippen LogP contribution is -2.43. The summed E-state index contributed by atoms with van der Waals surface area (Å²) in [5, 5.41) is 1.98. The summed E-state index contributed by atoms with van der Waals surface area (Å²) >= 11 is 0. The second-order valence-electron chi connectivity index (χ2n) is 5.62. The van der Waals surface area contributed by atoms with E-state index in [2.05, 4.69) is 0 Å². The number of imide groups is 1. The first-order valence-electron chi connectivity index (χ1n) is 7.20. The standard InChI is InChI=1S/C15H18F3N3O2/c1-9(10-3-2-4-11(7-10)15(16,17)18)21(12-5-6-12)8-13(22)20-14(19)23/h2-4,7,9,12H,5-6,8H2,1H3,(H3,19,20,22,23). The molecule has 3 amide bonds. The van der Waals surface area contributed by atoms with Gasteiger partial charge in [-0.05, 0) is 37.5 Å².